The molecule has 1 heterocycles. The van der Waals surface area contributed by atoms with Gasteiger partial charge in [0.05, 0.1) is 24.3 Å². The number of hydrogen-bond donors (Lipinski definition) is 1. The number of ether oxygens (including phenoxy) is 4. The lowest BCUT2D eigenvalue weighted by Crippen LogP contribution is -2.23. The largest absolute Gasteiger partial charge is 0.497 e. The number of nitrogens with zero attached hydrogens (tertiary/aromatic N) is 1. The molecule has 0 saturated heterocycles. The van der Waals surface area contributed by atoms with Crippen LogP contribution in [0.2, 0.25) is 10.0 Å². The quantitative estimate of drug-likeness (QED) is 0.478. The van der Waals surface area contributed by atoms with Crippen molar-refractivity contribution in [2.45, 2.75) is 6.92 Å². The molecule has 10 heteroatoms. The predicted molar refractivity (Wildman–Crippen MR) is 121 cm³/mol. The zero-order chi connectivity index (χ0) is 23.3. The Morgan fingerprint density at radius 2 is 1.66 bits per heavy atom. The molecule has 8 nitrogen and oxygen atoms in total. The number of esters is 1. The molecule has 32 heavy (non-hydrogen) atoms. The Hall–Kier alpha value is -3.23. The summed E-state index contributed by atoms with van der Waals surface area (Å²) in [4.78, 5) is 28.6. The van der Waals surface area contributed by atoms with Crippen molar-refractivity contribution in [3.8, 4) is 17.2 Å². The van der Waals surface area contributed by atoms with E-state index in [2.05, 4.69) is 10.3 Å². The Morgan fingerprint density at radius 3 is 2.31 bits per heavy atom. The number of carbonyl (C=O) groups excluding carboxylic acids is 2. The van der Waals surface area contributed by atoms with Crippen LogP contribution in [0.3, 0.4) is 0 Å². The van der Waals surface area contributed by atoms with Gasteiger partial charge >= 0.3 is 5.97 Å². The summed E-state index contributed by atoms with van der Waals surface area (Å²) < 4.78 is 20.8. The summed E-state index contributed by atoms with van der Waals surface area (Å²) in [7, 11) is 2.99. The van der Waals surface area contributed by atoms with E-state index < -0.39 is 25.1 Å². The van der Waals surface area contributed by atoms with Gasteiger partial charge in [-0.1, -0.05) is 23.2 Å². The van der Waals surface area contributed by atoms with Crippen LogP contribution in [0, 0.1) is 6.92 Å². The minimum absolute atomic E-state index is 0.207. The highest BCUT2D eigenvalue weighted by molar-refractivity contribution is 6.39. The molecular weight excluding hydrogens is 459 g/mol. The molecule has 1 aromatic heterocycles. The number of aryl methyl sites for hydroxylation is 1. The van der Waals surface area contributed by atoms with Crippen LogP contribution in [-0.4, -0.2) is 44.3 Å². The van der Waals surface area contributed by atoms with Crippen molar-refractivity contribution in [2.75, 3.05) is 32.8 Å². The number of fused-ring (bicyclic) bond motifs is 1. The summed E-state index contributed by atoms with van der Waals surface area (Å²) in [5.74, 6) is -0.0855. The third-order valence-corrected chi connectivity index (χ3v) is 4.90. The molecule has 3 rings (SSSR count). The molecule has 0 spiro atoms. The molecule has 168 valence electrons. The Labute approximate surface area is 194 Å². The van der Waals surface area contributed by atoms with Crippen LogP contribution >= 0.6 is 23.2 Å². The van der Waals surface area contributed by atoms with Crippen molar-refractivity contribution in [2.24, 2.45) is 0 Å². The van der Waals surface area contributed by atoms with Crippen molar-refractivity contribution in [1.29, 1.82) is 0 Å². The van der Waals surface area contributed by atoms with E-state index in [1.807, 2.05) is 6.92 Å². The lowest BCUT2D eigenvalue weighted by molar-refractivity contribution is -0.149. The highest BCUT2D eigenvalue weighted by Gasteiger charge is 2.16. The molecule has 0 saturated carbocycles. The van der Waals surface area contributed by atoms with E-state index in [1.54, 1.807) is 30.3 Å². The number of halogens is 2. The van der Waals surface area contributed by atoms with E-state index in [-0.39, 0.29) is 10.8 Å². The minimum Gasteiger partial charge on any atom is -0.497 e. The number of nitrogens with one attached hydrogen (secondary N) is 1. The van der Waals surface area contributed by atoms with Crippen LogP contribution < -0.4 is 19.5 Å². The summed E-state index contributed by atoms with van der Waals surface area (Å²) in [5, 5.41) is 3.86. The van der Waals surface area contributed by atoms with Crippen molar-refractivity contribution in [3.05, 3.63) is 52.1 Å². The van der Waals surface area contributed by atoms with E-state index in [0.29, 0.717) is 33.1 Å². The maximum Gasteiger partial charge on any atom is 0.344 e. The first kappa shape index (κ1) is 23.4. The fourth-order valence-corrected chi connectivity index (χ4v) is 3.39. The number of aromatic nitrogens is 1. The van der Waals surface area contributed by atoms with E-state index in [0.717, 1.165) is 5.69 Å². The Bertz CT molecular complexity index is 1150. The van der Waals surface area contributed by atoms with E-state index in [1.165, 1.54) is 20.3 Å². The van der Waals surface area contributed by atoms with Gasteiger partial charge in [0, 0.05) is 35.0 Å². The number of amides is 1. The highest BCUT2D eigenvalue weighted by atomic mass is 35.5. The smallest absolute Gasteiger partial charge is 0.344 e. The van der Waals surface area contributed by atoms with Crippen molar-refractivity contribution < 1.29 is 28.5 Å². The lowest BCUT2D eigenvalue weighted by Gasteiger charge is -2.12. The minimum atomic E-state index is -0.754. The number of methoxy groups -OCH3 is 2. The second kappa shape index (κ2) is 10.4. The van der Waals surface area contributed by atoms with Gasteiger partial charge in [-0.2, -0.15) is 0 Å². The molecule has 0 bridgehead atoms. The lowest BCUT2D eigenvalue weighted by atomic mass is 10.2. The monoisotopic (exact) mass is 478 g/mol. The Morgan fingerprint density at radius 1 is 0.969 bits per heavy atom. The van der Waals surface area contributed by atoms with Gasteiger partial charge in [0.15, 0.2) is 19.0 Å². The summed E-state index contributed by atoms with van der Waals surface area (Å²) in [6, 6.07) is 9.98. The van der Waals surface area contributed by atoms with E-state index in [9.17, 15) is 9.59 Å². The average molecular weight is 479 g/mol. The number of benzene rings is 2. The maximum atomic E-state index is 12.1. The first-order chi connectivity index (χ1) is 15.3. The Balaban J connectivity index is 1.59. The summed E-state index contributed by atoms with van der Waals surface area (Å²) in [6.45, 7) is 0.837. The molecule has 1 amide bonds. The van der Waals surface area contributed by atoms with Crippen molar-refractivity contribution in [1.82, 2.24) is 4.98 Å². The van der Waals surface area contributed by atoms with Gasteiger partial charge in [0.2, 0.25) is 0 Å². The molecule has 1 N–H and O–H groups in total. The second-order valence-corrected chi connectivity index (χ2v) is 7.43. The summed E-state index contributed by atoms with van der Waals surface area (Å²) in [5.41, 5.74) is 1.59. The number of carbonyl (C=O) groups is 2. The fraction of sp³-hybridized carbons (Fsp3) is 0.227. The highest BCUT2D eigenvalue weighted by Crippen LogP contribution is 2.37. The molecule has 0 unspecified atom stereocenters. The molecule has 0 fully saturated rings. The third-order valence-electron chi connectivity index (χ3n) is 4.31. The standard InChI is InChI=1S/C22H20Cl2N2O6/c1-12-4-5-16-17(23)9-18(24)22(21(16)25-12)32-11-20(28)31-10-19(27)26-13-6-14(29-2)8-15(7-13)30-3/h4-9H,10-11H2,1-3H3,(H,26,27). The number of hydrogen-bond acceptors (Lipinski definition) is 7. The van der Waals surface area contributed by atoms with Gasteiger partial charge in [-0.05, 0) is 25.1 Å². The summed E-state index contributed by atoms with van der Waals surface area (Å²) >= 11 is 12.4. The first-order valence-corrected chi connectivity index (χ1v) is 10.1. The molecule has 3 aromatic rings. The van der Waals surface area contributed by atoms with Crippen LogP contribution in [0.1, 0.15) is 5.69 Å². The molecule has 0 aliphatic carbocycles. The number of anilines is 1. The maximum absolute atomic E-state index is 12.1. The van der Waals surface area contributed by atoms with Crippen LogP contribution in [0.25, 0.3) is 10.9 Å². The zero-order valence-electron chi connectivity index (χ0n) is 17.5. The van der Waals surface area contributed by atoms with Crippen LogP contribution in [-0.2, 0) is 14.3 Å². The normalized spacial score (nSPS) is 10.5. The van der Waals surface area contributed by atoms with Crippen LogP contribution in [0.15, 0.2) is 36.4 Å². The number of pyridine rings is 1. The van der Waals surface area contributed by atoms with Gasteiger partial charge in [-0.25, -0.2) is 9.78 Å². The number of rotatable bonds is 8. The van der Waals surface area contributed by atoms with E-state index >= 15 is 0 Å². The third kappa shape index (κ3) is 5.72. The van der Waals surface area contributed by atoms with Gasteiger partial charge < -0.3 is 24.3 Å². The Kier molecular flexibility index (Phi) is 7.61. The van der Waals surface area contributed by atoms with Crippen LogP contribution in [0.5, 0.6) is 17.2 Å². The van der Waals surface area contributed by atoms with Gasteiger partial charge in [-0.15, -0.1) is 0 Å². The van der Waals surface area contributed by atoms with Crippen LogP contribution in [0.4, 0.5) is 5.69 Å². The predicted octanol–water partition coefficient (Wildman–Crippen LogP) is 4.43. The first-order valence-electron chi connectivity index (χ1n) is 9.37. The topological polar surface area (TPSA) is 96.0 Å². The SMILES string of the molecule is COc1cc(NC(=O)COC(=O)COc2c(Cl)cc(Cl)c3ccc(C)nc23)cc(OC)c1. The molecule has 0 aliphatic rings. The van der Waals surface area contributed by atoms with Gasteiger partial charge in [-0.3, -0.25) is 4.79 Å². The fourth-order valence-electron chi connectivity index (χ4n) is 2.82. The molecule has 0 aliphatic heterocycles. The molecule has 0 atom stereocenters. The zero-order valence-corrected chi connectivity index (χ0v) is 19.0. The molecule has 0 radical (unpaired) electrons. The molecule has 2 aromatic carbocycles. The molecular formula is C22H20Cl2N2O6. The van der Waals surface area contributed by atoms with Crippen molar-refractivity contribution in [3.63, 3.8) is 0 Å². The second-order valence-electron chi connectivity index (χ2n) is 6.62. The van der Waals surface area contributed by atoms with Crippen molar-refractivity contribution >= 4 is 51.7 Å². The summed E-state index contributed by atoms with van der Waals surface area (Å²) in [6.07, 6.45) is 0. The van der Waals surface area contributed by atoms with Gasteiger partial charge in [0.25, 0.3) is 5.91 Å². The van der Waals surface area contributed by atoms with Gasteiger partial charge in [0.1, 0.15) is 17.0 Å². The average Bonchev–Trinajstić information content (AvgIpc) is 2.76. The van der Waals surface area contributed by atoms with E-state index in [4.69, 9.17) is 42.1 Å².